The van der Waals surface area contributed by atoms with Crippen LogP contribution in [0.5, 0.6) is 5.88 Å². The van der Waals surface area contributed by atoms with E-state index in [1.54, 1.807) is 6.92 Å². The van der Waals surface area contributed by atoms with Crippen molar-refractivity contribution in [2.45, 2.75) is 13.3 Å². The van der Waals surface area contributed by atoms with E-state index in [2.05, 4.69) is 9.98 Å². The van der Waals surface area contributed by atoms with E-state index in [9.17, 15) is 19.1 Å². The van der Waals surface area contributed by atoms with Gasteiger partial charge >= 0.3 is 5.69 Å². The molecule has 0 aliphatic carbocycles. The Labute approximate surface area is 112 Å². The van der Waals surface area contributed by atoms with Crippen molar-refractivity contribution in [3.05, 3.63) is 56.5 Å². The van der Waals surface area contributed by atoms with Crippen LogP contribution in [-0.4, -0.2) is 20.8 Å². The molecule has 1 aromatic carbocycles. The minimum Gasteiger partial charge on any atom is -0.494 e. The second-order valence-corrected chi connectivity index (χ2v) is 4.02. The highest BCUT2D eigenvalue weighted by molar-refractivity contribution is 6.03. The van der Waals surface area contributed by atoms with Crippen LogP contribution in [0.25, 0.3) is 0 Å². The van der Waals surface area contributed by atoms with Crippen molar-refractivity contribution in [3.63, 3.8) is 0 Å². The average Bonchev–Trinajstić information content (AvgIpc) is 2.38. The Hall–Kier alpha value is -2.70. The molecule has 6 nitrogen and oxygen atoms in total. The summed E-state index contributed by atoms with van der Waals surface area (Å²) in [5.74, 6) is -0.937. The molecule has 0 unspecified atom stereocenters. The molecule has 7 heteroatoms. The van der Waals surface area contributed by atoms with E-state index in [0.29, 0.717) is 12.1 Å². The van der Waals surface area contributed by atoms with E-state index in [1.807, 2.05) is 4.98 Å². The highest BCUT2D eigenvalue weighted by Gasteiger charge is 2.14. The van der Waals surface area contributed by atoms with Crippen LogP contribution in [0.4, 0.5) is 10.1 Å². The van der Waals surface area contributed by atoms with Gasteiger partial charge in [0.25, 0.3) is 5.56 Å². The quantitative estimate of drug-likeness (QED) is 0.740. The molecule has 1 heterocycles. The predicted octanol–water partition coefficient (Wildman–Crippen LogP) is 1.44. The summed E-state index contributed by atoms with van der Waals surface area (Å²) in [5.41, 5.74) is -0.904. The number of aromatic hydroxyl groups is 1. The SMILES string of the molecule is CCC(=Nc1ccc(F)cc1)c1c(O)[nH]c(=O)[nH]c1=O. The summed E-state index contributed by atoms with van der Waals surface area (Å²) < 4.78 is 12.8. The van der Waals surface area contributed by atoms with Gasteiger partial charge in [-0.3, -0.25) is 19.8 Å². The second-order valence-electron chi connectivity index (χ2n) is 4.02. The first kappa shape index (κ1) is 13.7. The summed E-state index contributed by atoms with van der Waals surface area (Å²) in [6, 6.07) is 5.37. The van der Waals surface area contributed by atoms with Crippen molar-refractivity contribution in [3.8, 4) is 5.88 Å². The third kappa shape index (κ3) is 2.82. The molecule has 1 aromatic heterocycles. The zero-order valence-corrected chi connectivity index (χ0v) is 10.6. The van der Waals surface area contributed by atoms with Crippen LogP contribution in [-0.2, 0) is 0 Å². The Balaban J connectivity index is 2.56. The van der Waals surface area contributed by atoms with Crippen molar-refractivity contribution < 1.29 is 9.50 Å². The molecular formula is C13H12FN3O3. The Morgan fingerprint density at radius 2 is 1.90 bits per heavy atom. The molecule has 0 saturated carbocycles. The van der Waals surface area contributed by atoms with E-state index >= 15 is 0 Å². The molecule has 3 N–H and O–H groups in total. The first-order valence-electron chi connectivity index (χ1n) is 5.90. The lowest BCUT2D eigenvalue weighted by atomic mass is 10.1. The molecule has 0 radical (unpaired) electrons. The largest absolute Gasteiger partial charge is 0.494 e. The van der Waals surface area contributed by atoms with Crippen molar-refractivity contribution in [2.24, 2.45) is 4.99 Å². The molecule has 2 aromatic rings. The number of nitrogens with one attached hydrogen (secondary N) is 2. The van der Waals surface area contributed by atoms with Gasteiger partial charge in [0.1, 0.15) is 11.4 Å². The molecule has 0 bridgehead atoms. The van der Waals surface area contributed by atoms with Crippen molar-refractivity contribution >= 4 is 11.4 Å². The molecule has 0 atom stereocenters. The maximum atomic E-state index is 12.8. The van der Waals surface area contributed by atoms with Crippen LogP contribution < -0.4 is 11.2 Å². The van der Waals surface area contributed by atoms with Gasteiger partial charge in [0.15, 0.2) is 0 Å². The van der Waals surface area contributed by atoms with E-state index < -0.39 is 22.9 Å². The van der Waals surface area contributed by atoms with Gasteiger partial charge in [0.05, 0.1) is 11.4 Å². The first-order chi connectivity index (χ1) is 9.51. The summed E-state index contributed by atoms with van der Waals surface area (Å²) >= 11 is 0. The number of halogens is 1. The third-order valence-electron chi connectivity index (χ3n) is 2.64. The number of rotatable bonds is 3. The molecule has 0 spiro atoms. The highest BCUT2D eigenvalue weighted by atomic mass is 19.1. The molecule has 0 aliphatic heterocycles. The maximum Gasteiger partial charge on any atom is 0.328 e. The molecule has 2 rings (SSSR count). The summed E-state index contributed by atoms with van der Waals surface area (Å²) in [5, 5.41) is 9.68. The van der Waals surface area contributed by atoms with Gasteiger partial charge in [0, 0.05) is 0 Å². The minimum absolute atomic E-state index is 0.101. The van der Waals surface area contributed by atoms with Gasteiger partial charge < -0.3 is 5.11 Å². The molecule has 0 fully saturated rings. The third-order valence-corrected chi connectivity index (χ3v) is 2.64. The van der Waals surface area contributed by atoms with Crippen molar-refractivity contribution in [2.75, 3.05) is 0 Å². The molecular weight excluding hydrogens is 265 g/mol. The van der Waals surface area contributed by atoms with Gasteiger partial charge in [-0.25, -0.2) is 9.18 Å². The molecule has 20 heavy (non-hydrogen) atoms. The lowest BCUT2D eigenvalue weighted by molar-refractivity contribution is 0.447. The average molecular weight is 277 g/mol. The Morgan fingerprint density at radius 3 is 2.45 bits per heavy atom. The fourth-order valence-electron chi connectivity index (χ4n) is 1.73. The van der Waals surface area contributed by atoms with Crippen molar-refractivity contribution in [1.29, 1.82) is 0 Å². The Morgan fingerprint density at radius 1 is 1.25 bits per heavy atom. The standard InChI is InChI=1S/C13H12FN3O3/c1-2-9(15-8-5-3-7(14)4-6-8)10-11(18)16-13(20)17-12(10)19/h3-6H,2H2,1H3,(H3,16,17,18,19,20). The van der Waals surface area contributed by atoms with Crippen LogP contribution in [0, 0.1) is 5.82 Å². The van der Waals surface area contributed by atoms with Gasteiger partial charge in [-0.05, 0) is 30.7 Å². The van der Waals surface area contributed by atoms with Crippen LogP contribution in [0.1, 0.15) is 18.9 Å². The summed E-state index contributed by atoms with van der Waals surface area (Å²) in [4.78, 5) is 31.0. The maximum absolute atomic E-state index is 12.8. The van der Waals surface area contributed by atoms with E-state index in [0.717, 1.165) is 0 Å². The molecule has 0 amide bonds. The number of aromatic amines is 2. The fraction of sp³-hybridized carbons (Fsp3) is 0.154. The predicted molar refractivity (Wildman–Crippen MR) is 72.2 cm³/mol. The summed E-state index contributed by atoms with van der Waals surface area (Å²) in [6.45, 7) is 1.74. The summed E-state index contributed by atoms with van der Waals surface area (Å²) in [7, 11) is 0. The number of hydrogen-bond acceptors (Lipinski definition) is 4. The fourth-order valence-corrected chi connectivity index (χ4v) is 1.73. The number of aliphatic imine (C=N–C) groups is 1. The van der Waals surface area contributed by atoms with Gasteiger partial charge in [-0.2, -0.15) is 0 Å². The smallest absolute Gasteiger partial charge is 0.328 e. The van der Waals surface area contributed by atoms with Crippen LogP contribution in [0.3, 0.4) is 0 Å². The first-order valence-corrected chi connectivity index (χ1v) is 5.90. The van der Waals surface area contributed by atoms with Crippen LogP contribution in [0.2, 0.25) is 0 Å². The number of benzene rings is 1. The lowest BCUT2D eigenvalue weighted by Crippen LogP contribution is -2.27. The summed E-state index contributed by atoms with van der Waals surface area (Å²) in [6.07, 6.45) is 0.347. The molecule has 104 valence electrons. The normalized spacial score (nSPS) is 11.6. The van der Waals surface area contributed by atoms with Gasteiger partial charge in [-0.15, -0.1) is 0 Å². The zero-order chi connectivity index (χ0) is 14.7. The Kier molecular flexibility index (Phi) is 3.79. The van der Waals surface area contributed by atoms with Crippen LogP contribution >= 0.6 is 0 Å². The monoisotopic (exact) mass is 277 g/mol. The highest BCUT2D eigenvalue weighted by Crippen LogP contribution is 2.17. The van der Waals surface area contributed by atoms with E-state index in [1.165, 1.54) is 24.3 Å². The number of nitrogens with zero attached hydrogens (tertiary/aromatic N) is 1. The minimum atomic E-state index is -0.798. The number of aromatic nitrogens is 2. The van der Waals surface area contributed by atoms with Crippen molar-refractivity contribution in [1.82, 2.24) is 9.97 Å². The van der Waals surface area contributed by atoms with Crippen LogP contribution in [0.15, 0.2) is 38.8 Å². The Bertz CT molecular complexity index is 760. The van der Waals surface area contributed by atoms with E-state index in [-0.39, 0.29) is 11.3 Å². The lowest BCUT2D eigenvalue weighted by Gasteiger charge is -2.05. The topological polar surface area (TPSA) is 98.3 Å². The second kappa shape index (κ2) is 5.52. The number of hydrogen-bond donors (Lipinski definition) is 3. The number of H-pyrrole nitrogens is 2. The van der Waals surface area contributed by atoms with Gasteiger partial charge in [0.2, 0.25) is 5.88 Å². The van der Waals surface area contributed by atoms with Gasteiger partial charge in [-0.1, -0.05) is 6.92 Å². The zero-order valence-electron chi connectivity index (χ0n) is 10.6. The molecule has 0 saturated heterocycles. The molecule has 0 aliphatic rings. The van der Waals surface area contributed by atoms with E-state index in [4.69, 9.17) is 0 Å².